The molecule has 2 atom stereocenters. The van der Waals surface area contributed by atoms with Crippen molar-refractivity contribution in [2.75, 3.05) is 0 Å². The third-order valence-corrected chi connectivity index (χ3v) is 6.94. The SMILES string of the molecule is Cc1cc2c(cc1C)C(Cc1ccccc1C1C=Cc3cc(C)c(C)cc31)C=C2. The van der Waals surface area contributed by atoms with E-state index in [1.807, 2.05) is 0 Å². The van der Waals surface area contributed by atoms with Gasteiger partial charge in [0.2, 0.25) is 0 Å². The molecule has 0 N–H and O–H groups in total. The molecule has 0 amide bonds. The van der Waals surface area contributed by atoms with Gasteiger partial charge in [0, 0.05) is 11.8 Å². The highest BCUT2D eigenvalue weighted by molar-refractivity contribution is 5.68. The molecule has 0 fully saturated rings. The Kier molecular flexibility index (Phi) is 4.32. The molecular weight excluding hydrogens is 348 g/mol. The van der Waals surface area contributed by atoms with E-state index in [-0.39, 0.29) is 0 Å². The standard InChI is InChI=1S/C29H28/c1-18-13-23-9-10-25(28(23)15-20(18)3)17-22-7-5-6-8-26(22)27-12-11-24-14-19(2)21(4)16-29(24)27/h5-16,25,27H,17H2,1-4H3. The first-order valence-corrected chi connectivity index (χ1v) is 10.7. The smallest absolute Gasteiger partial charge is 0.0281 e. The van der Waals surface area contributed by atoms with Crippen LogP contribution in [0.4, 0.5) is 0 Å². The van der Waals surface area contributed by atoms with Crippen molar-refractivity contribution in [2.24, 2.45) is 0 Å². The Morgan fingerprint density at radius 1 is 0.621 bits per heavy atom. The quantitative estimate of drug-likeness (QED) is 0.446. The van der Waals surface area contributed by atoms with E-state index in [9.17, 15) is 0 Å². The summed E-state index contributed by atoms with van der Waals surface area (Å²) >= 11 is 0. The fraction of sp³-hybridized carbons (Fsp3) is 0.241. The Labute approximate surface area is 174 Å². The molecule has 0 heterocycles. The normalized spacial score (nSPS) is 18.9. The Morgan fingerprint density at radius 3 is 1.97 bits per heavy atom. The van der Waals surface area contributed by atoms with Crippen molar-refractivity contribution in [3.8, 4) is 0 Å². The molecule has 2 unspecified atom stereocenters. The predicted molar refractivity (Wildman–Crippen MR) is 125 cm³/mol. The van der Waals surface area contributed by atoms with Crippen molar-refractivity contribution in [3.05, 3.63) is 116 Å². The number of fused-ring (bicyclic) bond motifs is 2. The van der Waals surface area contributed by atoms with Crippen LogP contribution in [0.25, 0.3) is 12.2 Å². The summed E-state index contributed by atoms with van der Waals surface area (Å²) in [6, 6.07) is 18.5. The lowest BCUT2D eigenvalue weighted by Gasteiger charge is -2.20. The van der Waals surface area contributed by atoms with E-state index in [1.165, 1.54) is 55.6 Å². The molecule has 3 aromatic rings. The molecule has 3 aromatic carbocycles. The zero-order valence-corrected chi connectivity index (χ0v) is 17.8. The first-order valence-electron chi connectivity index (χ1n) is 10.7. The molecule has 0 saturated heterocycles. The monoisotopic (exact) mass is 376 g/mol. The first-order chi connectivity index (χ1) is 14.0. The zero-order valence-electron chi connectivity index (χ0n) is 17.8. The summed E-state index contributed by atoms with van der Waals surface area (Å²) in [5.74, 6) is 0.833. The van der Waals surface area contributed by atoms with Crippen LogP contribution in [-0.2, 0) is 6.42 Å². The van der Waals surface area contributed by atoms with E-state index < -0.39 is 0 Å². The molecule has 0 aromatic heterocycles. The van der Waals surface area contributed by atoms with E-state index in [0.29, 0.717) is 11.8 Å². The molecule has 0 saturated carbocycles. The van der Waals surface area contributed by atoms with Gasteiger partial charge in [-0.25, -0.2) is 0 Å². The number of aryl methyl sites for hydroxylation is 4. The lowest BCUT2D eigenvalue weighted by atomic mass is 9.84. The Bertz CT molecular complexity index is 1170. The van der Waals surface area contributed by atoms with Gasteiger partial charge in [-0.15, -0.1) is 0 Å². The zero-order chi connectivity index (χ0) is 20.1. The van der Waals surface area contributed by atoms with Gasteiger partial charge in [-0.3, -0.25) is 0 Å². The van der Waals surface area contributed by atoms with Gasteiger partial charge in [-0.05, 0) is 89.8 Å². The third-order valence-electron chi connectivity index (χ3n) is 6.94. The van der Waals surface area contributed by atoms with Crippen LogP contribution >= 0.6 is 0 Å². The van der Waals surface area contributed by atoms with Crippen LogP contribution in [0.5, 0.6) is 0 Å². The highest BCUT2D eigenvalue weighted by Crippen LogP contribution is 2.40. The summed E-state index contributed by atoms with van der Waals surface area (Å²) in [5, 5.41) is 0. The maximum Gasteiger partial charge on any atom is 0.0281 e. The van der Waals surface area contributed by atoms with Gasteiger partial charge in [0.1, 0.15) is 0 Å². The van der Waals surface area contributed by atoms with Crippen LogP contribution in [0, 0.1) is 27.7 Å². The van der Waals surface area contributed by atoms with Gasteiger partial charge in [0.25, 0.3) is 0 Å². The van der Waals surface area contributed by atoms with E-state index >= 15 is 0 Å². The molecule has 29 heavy (non-hydrogen) atoms. The van der Waals surface area contributed by atoms with Gasteiger partial charge in [0.05, 0.1) is 0 Å². The molecule has 2 aliphatic carbocycles. The van der Waals surface area contributed by atoms with Crippen LogP contribution in [0.1, 0.15) is 67.5 Å². The molecule has 0 aliphatic heterocycles. The molecule has 5 rings (SSSR count). The van der Waals surface area contributed by atoms with Crippen molar-refractivity contribution >= 4 is 12.2 Å². The Hall–Kier alpha value is -2.86. The topological polar surface area (TPSA) is 0 Å². The number of hydrogen-bond acceptors (Lipinski definition) is 0. The van der Waals surface area contributed by atoms with Crippen LogP contribution in [0.15, 0.2) is 60.7 Å². The molecule has 0 radical (unpaired) electrons. The van der Waals surface area contributed by atoms with Crippen molar-refractivity contribution in [2.45, 2.75) is 46.0 Å². The second-order valence-electron chi connectivity index (χ2n) is 8.84. The van der Waals surface area contributed by atoms with Gasteiger partial charge in [0.15, 0.2) is 0 Å². The van der Waals surface area contributed by atoms with Crippen molar-refractivity contribution in [1.29, 1.82) is 0 Å². The maximum atomic E-state index is 2.40. The van der Waals surface area contributed by atoms with E-state index in [1.54, 1.807) is 0 Å². The largest absolute Gasteiger partial charge is 0.0760 e. The highest BCUT2D eigenvalue weighted by Gasteiger charge is 2.25. The second kappa shape index (κ2) is 6.88. The number of benzene rings is 3. The molecule has 0 spiro atoms. The summed E-state index contributed by atoms with van der Waals surface area (Å²) in [5.41, 5.74) is 14.2. The molecule has 144 valence electrons. The van der Waals surface area contributed by atoms with Crippen LogP contribution in [0.3, 0.4) is 0 Å². The fourth-order valence-electron chi connectivity index (χ4n) is 4.94. The van der Waals surface area contributed by atoms with Gasteiger partial charge < -0.3 is 0 Å². The molecular formula is C29H28. The summed E-state index contributed by atoms with van der Waals surface area (Å²) in [4.78, 5) is 0. The molecule has 0 heteroatoms. The van der Waals surface area contributed by atoms with Gasteiger partial charge in [-0.1, -0.05) is 72.8 Å². The van der Waals surface area contributed by atoms with Crippen molar-refractivity contribution < 1.29 is 0 Å². The van der Waals surface area contributed by atoms with Crippen molar-refractivity contribution in [1.82, 2.24) is 0 Å². The van der Waals surface area contributed by atoms with Crippen molar-refractivity contribution in [3.63, 3.8) is 0 Å². The first kappa shape index (κ1) is 18.2. The Morgan fingerprint density at radius 2 is 1.21 bits per heavy atom. The number of allylic oxidation sites excluding steroid dienone is 2. The minimum absolute atomic E-state index is 0.366. The summed E-state index contributed by atoms with van der Waals surface area (Å²) in [6.45, 7) is 8.86. The van der Waals surface area contributed by atoms with Crippen LogP contribution in [0.2, 0.25) is 0 Å². The van der Waals surface area contributed by atoms with Gasteiger partial charge >= 0.3 is 0 Å². The van der Waals surface area contributed by atoms with E-state index in [0.717, 1.165) is 6.42 Å². The van der Waals surface area contributed by atoms with Gasteiger partial charge in [-0.2, -0.15) is 0 Å². The van der Waals surface area contributed by atoms with E-state index in [4.69, 9.17) is 0 Å². The maximum absolute atomic E-state index is 2.40. The number of hydrogen-bond donors (Lipinski definition) is 0. The van der Waals surface area contributed by atoms with E-state index in [2.05, 4.69) is 101 Å². The Balaban J connectivity index is 1.51. The predicted octanol–water partition coefficient (Wildman–Crippen LogP) is 7.43. The summed E-state index contributed by atoms with van der Waals surface area (Å²) in [6.07, 6.45) is 10.5. The fourth-order valence-corrected chi connectivity index (χ4v) is 4.94. The third kappa shape index (κ3) is 3.08. The highest BCUT2D eigenvalue weighted by atomic mass is 14.3. The van der Waals surface area contributed by atoms with Crippen LogP contribution in [-0.4, -0.2) is 0 Å². The summed E-state index contributed by atoms with van der Waals surface area (Å²) in [7, 11) is 0. The van der Waals surface area contributed by atoms with Crippen LogP contribution < -0.4 is 0 Å². The lowest BCUT2D eigenvalue weighted by molar-refractivity contribution is 0.829. The number of rotatable bonds is 3. The lowest BCUT2D eigenvalue weighted by Crippen LogP contribution is -2.06. The second-order valence-corrected chi connectivity index (χ2v) is 8.84. The summed E-state index contributed by atoms with van der Waals surface area (Å²) < 4.78 is 0. The molecule has 2 aliphatic rings. The minimum atomic E-state index is 0.366. The molecule has 0 bridgehead atoms. The minimum Gasteiger partial charge on any atom is -0.0760 e. The average Bonchev–Trinajstić information content (AvgIpc) is 3.27. The average molecular weight is 377 g/mol. The molecule has 0 nitrogen and oxygen atoms in total.